The maximum atomic E-state index is 12.4. The highest BCUT2D eigenvalue weighted by Crippen LogP contribution is 2.22. The Morgan fingerprint density at radius 3 is 2.32 bits per heavy atom. The number of nitrogens with one attached hydrogen (secondary N) is 1. The van der Waals surface area contributed by atoms with Crippen molar-refractivity contribution in [1.29, 1.82) is 0 Å². The van der Waals surface area contributed by atoms with Crippen LogP contribution in [-0.4, -0.2) is 61.9 Å². The third-order valence-electron chi connectivity index (χ3n) is 4.24. The normalized spacial score (nSPS) is 25.2. The molecule has 1 atom stereocenters. The summed E-state index contributed by atoms with van der Waals surface area (Å²) in [6.07, 6.45) is 3.71. The molecule has 0 bridgehead atoms. The number of hydrogen-bond acceptors (Lipinski definition) is 3. The van der Waals surface area contributed by atoms with E-state index in [-0.39, 0.29) is 23.7 Å². The summed E-state index contributed by atoms with van der Waals surface area (Å²) in [5.41, 5.74) is 0. The van der Waals surface area contributed by atoms with Gasteiger partial charge in [-0.3, -0.25) is 9.59 Å². The number of carbonyl (C=O) groups is 2. The molecular formula is C14H25N3O2. The van der Waals surface area contributed by atoms with Gasteiger partial charge in [-0.2, -0.15) is 0 Å². The lowest BCUT2D eigenvalue weighted by atomic mass is 9.92. The molecule has 1 N–H and O–H groups in total. The first-order valence-electron chi connectivity index (χ1n) is 7.30. The third kappa shape index (κ3) is 3.47. The Hall–Kier alpha value is -1.10. The van der Waals surface area contributed by atoms with Gasteiger partial charge in [0.1, 0.15) is 0 Å². The first kappa shape index (κ1) is 14.3. The van der Waals surface area contributed by atoms with Crippen molar-refractivity contribution < 1.29 is 9.59 Å². The van der Waals surface area contributed by atoms with Crippen LogP contribution in [0.2, 0.25) is 0 Å². The first-order chi connectivity index (χ1) is 9.09. The standard InChI is InChI=1S/C14H25N3O2/c1-16(2)13(18)11-5-8-17(9-6-11)14(19)12-4-3-7-15-10-12/h11-12,15H,3-10H2,1-2H3/t12-/m0/s1. The molecule has 2 saturated heterocycles. The second kappa shape index (κ2) is 6.37. The van der Waals surface area contributed by atoms with E-state index in [1.807, 2.05) is 4.90 Å². The number of hydrogen-bond donors (Lipinski definition) is 1. The topological polar surface area (TPSA) is 52.7 Å². The summed E-state index contributed by atoms with van der Waals surface area (Å²) < 4.78 is 0. The van der Waals surface area contributed by atoms with Gasteiger partial charge in [0.2, 0.25) is 11.8 Å². The summed E-state index contributed by atoms with van der Waals surface area (Å²) >= 11 is 0. The molecule has 5 heteroatoms. The van der Waals surface area contributed by atoms with E-state index in [1.54, 1.807) is 19.0 Å². The van der Waals surface area contributed by atoms with Gasteiger partial charge >= 0.3 is 0 Å². The summed E-state index contributed by atoms with van der Waals surface area (Å²) in [7, 11) is 3.60. The quantitative estimate of drug-likeness (QED) is 0.783. The van der Waals surface area contributed by atoms with E-state index in [9.17, 15) is 9.59 Å². The maximum absolute atomic E-state index is 12.4. The zero-order valence-electron chi connectivity index (χ0n) is 12.0. The molecule has 0 spiro atoms. The average molecular weight is 267 g/mol. The van der Waals surface area contributed by atoms with E-state index in [0.717, 1.165) is 51.9 Å². The Bertz CT molecular complexity index is 330. The highest BCUT2D eigenvalue weighted by molar-refractivity contribution is 5.81. The predicted molar refractivity (Wildman–Crippen MR) is 73.6 cm³/mol. The van der Waals surface area contributed by atoms with E-state index in [4.69, 9.17) is 0 Å². The highest BCUT2D eigenvalue weighted by atomic mass is 16.2. The Morgan fingerprint density at radius 2 is 1.79 bits per heavy atom. The van der Waals surface area contributed by atoms with Crippen LogP contribution in [0, 0.1) is 11.8 Å². The van der Waals surface area contributed by atoms with Crippen LogP contribution in [0.3, 0.4) is 0 Å². The van der Waals surface area contributed by atoms with Gasteiger partial charge < -0.3 is 15.1 Å². The zero-order chi connectivity index (χ0) is 13.8. The van der Waals surface area contributed by atoms with Crippen molar-refractivity contribution in [3.63, 3.8) is 0 Å². The van der Waals surface area contributed by atoms with E-state index < -0.39 is 0 Å². The van der Waals surface area contributed by atoms with Crippen LogP contribution in [0.1, 0.15) is 25.7 Å². The SMILES string of the molecule is CN(C)C(=O)C1CCN(C(=O)[C@H]2CCCNC2)CC1. The molecule has 2 aliphatic heterocycles. The molecule has 0 radical (unpaired) electrons. The Morgan fingerprint density at radius 1 is 1.11 bits per heavy atom. The average Bonchev–Trinajstić information content (AvgIpc) is 2.46. The minimum atomic E-state index is 0.100. The van der Waals surface area contributed by atoms with Crippen LogP contribution in [0.25, 0.3) is 0 Å². The minimum absolute atomic E-state index is 0.100. The predicted octanol–water partition coefficient (Wildman–Crippen LogP) is 0.313. The third-order valence-corrected chi connectivity index (χ3v) is 4.24. The molecule has 0 aromatic heterocycles. The maximum Gasteiger partial charge on any atom is 0.226 e. The number of amides is 2. The fourth-order valence-corrected chi connectivity index (χ4v) is 3.03. The van der Waals surface area contributed by atoms with Crippen LogP contribution in [0.15, 0.2) is 0 Å². The molecule has 0 saturated carbocycles. The van der Waals surface area contributed by atoms with Gasteiger partial charge in [0, 0.05) is 39.6 Å². The zero-order valence-corrected chi connectivity index (χ0v) is 12.0. The van der Waals surface area contributed by atoms with Gasteiger partial charge in [-0.05, 0) is 32.2 Å². The lowest BCUT2D eigenvalue weighted by Crippen LogP contribution is -2.47. The molecule has 2 amide bonds. The first-order valence-corrected chi connectivity index (χ1v) is 7.30. The summed E-state index contributed by atoms with van der Waals surface area (Å²) in [6, 6.07) is 0. The van der Waals surface area contributed by atoms with Crippen LogP contribution < -0.4 is 5.32 Å². The van der Waals surface area contributed by atoms with Crippen molar-refractivity contribution in [2.45, 2.75) is 25.7 Å². The molecule has 0 aromatic rings. The molecule has 5 nitrogen and oxygen atoms in total. The van der Waals surface area contributed by atoms with Gasteiger partial charge in [-0.25, -0.2) is 0 Å². The van der Waals surface area contributed by atoms with E-state index in [0.29, 0.717) is 0 Å². The molecule has 108 valence electrons. The molecule has 19 heavy (non-hydrogen) atoms. The van der Waals surface area contributed by atoms with E-state index >= 15 is 0 Å². The molecule has 2 heterocycles. The van der Waals surface area contributed by atoms with Crippen molar-refractivity contribution in [3.05, 3.63) is 0 Å². The number of piperidine rings is 2. The van der Waals surface area contributed by atoms with Gasteiger partial charge in [-0.15, -0.1) is 0 Å². The molecule has 2 aliphatic rings. The minimum Gasteiger partial charge on any atom is -0.349 e. The van der Waals surface area contributed by atoms with Gasteiger partial charge in [0.05, 0.1) is 5.92 Å². The number of carbonyl (C=O) groups excluding carboxylic acids is 2. The Kier molecular flexibility index (Phi) is 4.80. The lowest BCUT2D eigenvalue weighted by Gasteiger charge is -2.35. The summed E-state index contributed by atoms with van der Waals surface area (Å²) in [6.45, 7) is 3.32. The van der Waals surface area contributed by atoms with Crippen LogP contribution in [0.4, 0.5) is 0 Å². The molecular weight excluding hydrogens is 242 g/mol. The Labute approximate surface area is 115 Å². The largest absolute Gasteiger partial charge is 0.349 e. The summed E-state index contributed by atoms with van der Waals surface area (Å²) in [5, 5.41) is 3.29. The highest BCUT2D eigenvalue weighted by Gasteiger charge is 2.31. The van der Waals surface area contributed by atoms with Crippen LogP contribution in [0.5, 0.6) is 0 Å². The van der Waals surface area contributed by atoms with Gasteiger partial charge in [0.25, 0.3) is 0 Å². The second-order valence-corrected chi connectivity index (χ2v) is 5.88. The van der Waals surface area contributed by atoms with E-state index in [2.05, 4.69) is 5.32 Å². The summed E-state index contributed by atoms with van der Waals surface area (Å²) in [5.74, 6) is 0.729. The lowest BCUT2D eigenvalue weighted by molar-refractivity contribution is -0.141. The molecule has 2 rings (SSSR count). The summed E-state index contributed by atoms with van der Waals surface area (Å²) in [4.78, 5) is 27.9. The molecule has 0 aromatic carbocycles. The Balaban J connectivity index is 1.82. The van der Waals surface area contributed by atoms with Crippen LogP contribution in [-0.2, 0) is 9.59 Å². The fraction of sp³-hybridized carbons (Fsp3) is 0.857. The van der Waals surface area contributed by atoms with Gasteiger partial charge in [0.15, 0.2) is 0 Å². The number of nitrogens with zero attached hydrogens (tertiary/aromatic N) is 2. The second-order valence-electron chi connectivity index (χ2n) is 5.88. The van der Waals surface area contributed by atoms with Crippen molar-refractivity contribution in [2.75, 3.05) is 40.3 Å². The molecule has 0 unspecified atom stereocenters. The van der Waals surface area contributed by atoms with Gasteiger partial charge in [-0.1, -0.05) is 0 Å². The van der Waals surface area contributed by atoms with Crippen molar-refractivity contribution in [2.24, 2.45) is 11.8 Å². The van der Waals surface area contributed by atoms with Crippen LogP contribution >= 0.6 is 0 Å². The van der Waals surface area contributed by atoms with Crippen molar-refractivity contribution >= 4 is 11.8 Å². The number of likely N-dealkylation sites (tertiary alicyclic amines) is 1. The van der Waals surface area contributed by atoms with Crippen molar-refractivity contribution in [3.8, 4) is 0 Å². The fourth-order valence-electron chi connectivity index (χ4n) is 3.03. The smallest absolute Gasteiger partial charge is 0.226 e. The van der Waals surface area contributed by atoms with Crippen molar-refractivity contribution in [1.82, 2.24) is 15.1 Å². The molecule has 2 fully saturated rings. The monoisotopic (exact) mass is 267 g/mol. The molecule has 0 aliphatic carbocycles. The van der Waals surface area contributed by atoms with E-state index in [1.165, 1.54) is 0 Å². The number of rotatable bonds is 2.